The first-order valence-electron chi connectivity index (χ1n) is 11.6. The van der Waals surface area contributed by atoms with E-state index in [-0.39, 0.29) is 22.1 Å². The number of nitrogens with zero attached hydrogens (tertiary/aromatic N) is 1. The molecule has 0 saturated heterocycles. The van der Waals surface area contributed by atoms with Gasteiger partial charge < -0.3 is 15.4 Å². The first-order chi connectivity index (χ1) is 17.3. The van der Waals surface area contributed by atoms with Gasteiger partial charge in [0.1, 0.15) is 6.54 Å². The predicted molar refractivity (Wildman–Crippen MR) is 141 cm³/mol. The Morgan fingerprint density at radius 2 is 1.61 bits per heavy atom. The minimum Gasteiger partial charge on any atom is -0.383 e. The highest BCUT2D eigenvalue weighted by molar-refractivity contribution is 7.92. The number of hydrogen-bond donors (Lipinski definition) is 2. The topological polar surface area (TPSA) is 105 Å². The minimum atomic E-state index is -4.04. The lowest BCUT2D eigenvalue weighted by atomic mass is 10.1. The van der Waals surface area contributed by atoms with Gasteiger partial charge in [0.25, 0.3) is 15.9 Å². The van der Waals surface area contributed by atoms with E-state index in [2.05, 4.69) is 10.6 Å². The molecule has 3 rings (SSSR count). The van der Waals surface area contributed by atoms with Crippen LogP contribution in [-0.4, -0.2) is 47.0 Å². The molecule has 8 nitrogen and oxygen atoms in total. The SMILES string of the molecule is CCc1ccc(N(CC(=O)Nc2ccccc2C(=O)NCCOC)S(=O)(=O)c2ccc(C)cc2)cc1. The number of benzene rings is 3. The van der Waals surface area contributed by atoms with Crippen LogP contribution in [0.2, 0.25) is 0 Å². The third kappa shape index (κ3) is 6.71. The molecule has 3 aromatic rings. The second kappa shape index (κ2) is 12.3. The van der Waals surface area contributed by atoms with Gasteiger partial charge in [-0.2, -0.15) is 0 Å². The van der Waals surface area contributed by atoms with E-state index in [1.165, 1.54) is 19.2 Å². The van der Waals surface area contributed by atoms with Crippen LogP contribution in [0.3, 0.4) is 0 Å². The summed E-state index contributed by atoms with van der Waals surface area (Å²) in [6.07, 6.45) is 0.800. The van der Waals surface area contributed by atoms with Crippen LogP contribution in [0.4, 0.5) is 11.4 Å². The van der Waals surface area contributed by atoms with Crippen molar-refractivity contribution in [2.75, 3.05) is 36.4 Å². The number of aryl methyl sites for hydroxylation is 2. The van der Waals surface area contributed by atoms with Gasteiger partial charge in [-0.3, -0.25) is 13.9 Å². The van der Waals surface area contributed by atoms with Gasteiger partial charge in [-0.1, -0.05) is 48.9 Å². The standard InChI is InChI=1S/C27H31N3O5S/c1-4-21-11-13-22(14-12-21)30(36(33,34)23-15-9-20(2)10-16-23)19-26(31)29-25-8-6-5-7-24(25)27(32)28-17-18-35-3/h5-16H,4,17-19H2,1-3H3,(H,28,32)(H,29,31). The predicted octanol–water partition coefficient (Wildman–Crippen LogP) is 3.77. The maximum atomic E-state index is 13.6. The highest BCUT2D eigenvalue weighted by atomic mass is 32.2. The van der Waals surface area contributed by atoms with Crippen LogP contribution in [0, 0.1) is 6.92 Å². The average Bonchev–Trinajstić information content (AvgIpc) is 2.88. The fourth-order valence-corrected chi connectivity index (χ4v) is 4.94. The van der Waals surface area contributed by atoms with E-state index in [0.717, 1.165) is 21.9 Å². The van der Waals surface area contributed by atoms with E-state index in [0.29, 0.717) is 18.8 Å². The van der Waals surface area contributed by atoms with Crippen molar-refractivity contribution in [3.63, 3.8) is 0 Å². The number of para-hydroxylation sites is 1. The number of ether oxygens (including phenoxy) is 1. The van der Waals surface area contributed by atoms with Crippen LogP contribution in [0.25, 0.3) is 0 Å². The van der Waals surface area contributed by atoms with Gasteiger partial charge in [0.15, 0.2) is 0 Å². The third-order valence-electron chi connectivity index (χ3n) is 5.57. The van der Waals surface area contributed by atoms with E-state index < -0.39 is 22.5 Å². The van der Waals surface area contributed by atoms with Crippen molar-refractivity contribution in [2.45, 2.75) is 25.2 Å². The molecule has 0 bridgehead atoms. The molecule has 0 unspecified atom stereocenters. The van der Waals surface area contributed by atoms with Gasteiger partial charge in [-0.05, 0) is 55.3 Å². The first kappa shape index (κ1) is 26.9. The normalized spacial score (nSPS) is 11.1. The van der Waals surface area contributed by atoms with Gasteiger partial charge >= 0.3 is 0 Å². The molecule has 36 heavy (non-hydrogen) atoms. The Balaban J connectivity index is 1.89. The lowest BCUT2D eigenvalue weighted by molar-refractivity contribution is -0.114. The fraction of sp³-hybridized carbons (Fsp3) is 0.259. The summed E-state index contributed by atoms with van der Waals surface area (Å²) in [6, 6.07) is 20.1. The van der Waals surface area contributed by atoms with E-state index in [1.54, 1.807) is 48.5 Å². The molecular formula is C27H31N3O5S. The zero-order valence-electron chi connectivity index (χ0n) is 20.7. The monoisotopic (exact) mass is 509 g/mol. The number of amides is 2. The van der Waals surface area contributed by atoms with Crippen LogP contribution in [0.1, 0.15) is 28.4 Å². The van der Waals surface area contributed by atoms with Crippen molar-refractivity contribution in [3.8, 4) is 0 Å². The second-order valence-corrected chi connectivity index (χ2v) is 10.0. The van der Waals surface area contributed by atoms with E-state index in [1.807, 2.05) is 26.0 Å². The third-order valence-corrected chi connectivity index (χ3v) is 7.35. The Bertz CT molecular complexity index is 1290. The molecule has 3 aromatic carbocycles. The summed E-state index contributed by atoms with van der Waals surface area (Å²) >= 11 is 0. The van der Waals surface area contributed by atoms with E-state index in [9.17, 15) is 18.0 Å². The number of hydrogen-bond acceptors (Lipinski definition) is 5. The first-order valence-corrected chi connectivity index (χ1v) is 13.0. The van der Waals surface area contributed by atoms with Crippen molar-refractivity contribution >= 4 is 33.2 Å². The number of methoxy groups -OCH3 is 1. The molecule has 2 amide bonds. The average molecular weight is 510 g/mol. The minimum absolute atomic E-state index is 0.0818. The Morgan fingerprint density at radius 3 is 2.25 bits per heavy atom. The largest absolute Gasteiger partial charge is 0.383 e. The van der Waals surface area contributed by atoms with Crippen molar-refractivity contribution in [1.29, 1.82) is 0 Å². The molecule has 2 N–H and O–H groups in total. The van der Waals surface area contributed by atoms with Crippen LogP contribution in [0.15, 0.2) is 77.7 Å². The zero-order valence-corrected chi connectivity index (χ0v) is 21.5. The Hall–Kier alpha value is -3.69. The number of carbonyl (C=O) groups is 2. The quantitative estimate of drug-likeness (QED) is 0.383. The molecule has 0 aromatic heterocycles. The Labute approximate surface area is 212 Å². The summed E-state index contributed by atoms with van der Waals surface area (Å²) in [5.74, 6) is -0.954. The van der Waals surface area contributed by atoms with Crippen molar-refractivity contribution < 1.29 is 22.7 Å². The van der Waals surface area contributed by atoms with Crippen molar-refractivity contribution in [3.05, 3.63) is 89.5 Å². The fourth-order valence-electron chi connectivity index (χ4n) is 3.52. The van der Waals surface area contributed by atoms with Crippen molar-refractivity contribution in [2.24, 2.45) is 0 Å². The molecule has 0 aliphatic heterocycles. The van der Waals surface area contributed by atoms with Gasteiger partial charge in [0, 0.05) is 13.7 Å². The molecule has 0 heterocycles. The summed E-state index contributed by atoms with van der Waals surface area (Å²) in [6.45, 7) is 4.07. The molecule has 0 saturated carbocycles. The molecule has 0 aliphatic carbocycles. The summed E-state index contributed by atoms with van der Waals surface area (Å²) in [5.41, 5.74) is 2.89. The molecule has 190 valence electrons. The van der Waals surface area contributed by atoms with Crippen LogP contribution in [-0.2, 0) is 26.0 Å². The highest BCUT2D eigenvalue weighted by Gasteiger charge is 2.27. The van der Waals surface area contributed by atoms with Crippen LogP contribution < -0.4 is 14.9 Å². The number of carbonyl (C=O) groups excluding carboxylic acids is 2. The molecule has 0 aliphatic rings. The number of rotatable bonds is 11. The van der Waals surface area contributed by atoms with E-state index in [4.69, 9.17) is 4.74 Å². The summed E-state index contributed by atoms with van der Waals surface area (Å²) < 4.78 is 33.2. The summed E-state index contributed by atoms with van der Waals surface area (Å²) in [7, 11) is -2.51. The molecular weight excluding hydrogens is 478 g/mol. The van der Waals surface area contributed by atoms with Gasteiger partial charge in [-0.25, -0.2) is 8.42 Å². The number of sulfonamides is 1. The van der Waals surface area contributed by atoms with Crippen LogP contribution in [0.5, 0.6) is 0 Å². The molecule has 0 spiro atoms. The van der Waals surface area contributed by atoms with Gasteiger partial charge in [0.05, 0.1) is 28.4 Å². The number of nitrogens with one attached hydrogen (secondary N) is 2. The maximum Gasteiger partial charge on any atom is 0.264 e. The van der Waals surface area contributed by atoms with Crippen LogP contribution >= 0.6 is 0 Å². The van der Waals surface area contributed by atoms with Gasteiger partial charge in [-0.15, -0.1) is 0 Å². The maximum absolute atomic E-state index is 13.6. The lowest BCUT2D eigenvalue weighted by Crippen LogP contribution is -2.38. The summed E-state index contributed by atoms with van der Waals surface area (Å²) in [4.78, 5) is 25.8. The second-order valence-electron chi connectivity index (χ2n) is 8.19. The lowest BCUT2D eigenvalue weighted by Gasteiger charge is -2.24. The summed E-state index contributed by atoms with van der Waals surface area (Å²) in [5, 5.41) is 5.42. The highest BCUT2D eigenvalue weighted by Crippen LogP contribution is 2.25. The smallest absolute Gasteiger partial charge is 0.264 e. The van der Waals surface area contributed by atoms with E-state index >= 15 is 0 Å². The Kier molecular flexibility index (Phi) is 9.21. The zero-order chi connectivity index (χ0) is 26.1. The molecule has 0 radical (unpaired) electrons. The molecule has 0 atom stereocenters. The Morgan fingerprint density at radius 1 is 0.944 bits per heavy atom. The van der Waals surface area contributed by atoms with Gasteiger partial charge in [0.2, 0.25) is 5.91 Å². The van der Waals surface area contributed by atoms with Crippen molar-refractivity contribution in [1.82, 2.24) is 5.32 Å². The number of anilines is 2. The molecule has 9 heteroatoms. The molecule has 0 fully saturated rings.